The van der Waals surface area contributed by atoms with Crippen LogP contribution in [0.15, 0.2) is 74.0 Å². The molecule has 0 saturated carbocycles. The van der Waals surface area contributed by atoms with Gasteiger partial charge in [-0.2, -0.15) is 18.2 Å². The Bertz CT molecular complexity index is 1450. The molecule has 41 heavy (non-hydrogen) atoms. The van der Waals surface area contributed by atoms with E-state index in [9.17, 15) is 22.8 Å². The number of hydrogen-bond acceptors (Lipinski definition) is 8. The Morgan fingerprint density at radius 1 is 1.00 bits per heavy atom. The van der Waals surface area contributed by atoms with Crippen molar-refractivity contribution in [2.24, 2.45) is 0 Å². The Balaban J connectivity index is 1.57. The van der Waals surface area contributed by atoms with Crippen LogP contribution in [0.4, 0.5) is 47.7 Å². The van der Waals surface area contributed by atoms with E-state index in [0.29, 0.717) is 49.5 Å². The first kappa shape index (κ1) is 28.9. The minimum absolute atomic E-state index is 0.102. The third kappa shape index (κ3) is 7.12. The molecule has 2 aromatic carbocycles. The maximum absolute atomic E-state index is 13.9. The molecule has 10 nitrogen and oxygen atoms in total. The molecule has 3 aromatic rings. The van der Waals surface area contributed by atoms with Crippen molar-refractivity contribution in [3.8, 4) is 5.75 Å². The summed E-state index contributed by atoms with van der Waals surface area (Å²) in [5.74, 6) is -0.819. The highest BCUT2D eigenvalue weighted by molar-refractivity contribution is 5.99. The van der Waals surface area contributed by atoms with E-state index in [1.54, 1.807) is 47.4 Å². The molecule has 1 aliphatic heterocycles. The van der Waals surface area contributed by atoms with E-state index in [4.69, 9.17) is 4.74 Å². The Morgan fingerprint density at radius 3 is 2.39 bits per heavy atom. The van der Waals surface area contributed by atoms with E-state index in [1.807, 2.05) is 0 Å². The second-order valence-electron chi connectivity index (χ2n) is 8.88. The summed E-state index contributed by atoms with van der Waals surface area (Å²) in [6.07, 6.45) is -1.65. The number of nitrogens with zero attached hydrogens (tertiary/aromatic N) is 4. The van der Waals surface area contributed by atoms with Crippen molar-refractivity contribution in [2.75, 3.05) is 54.1 Å². The van der Waals surface area contributed by atoms with E-state index < -0.39 is 23.5 Å². The number of piperazine rings is 1. The van der Waals surface area contributed by atoms with Crippen molar-refractivity contribution >= 4 is 46.3 Å². The molecule has 13 heteroatoms. The number of aromatic nitrogens is 2. The van der Waals surface area contributed by atoms with Gasteiger partial charge in [-0.05, 0) is 42.5 Å². The maximum atomic E-state index is 13.9. The second-order valence-corrected chi connectivity index (χ2v) is 8.88. The van der Waals surface area contributed by atoms with E-state index in [2.05, 4.69) is 44.0 Å². The van der Waals surface area contributed by atoms with Gasteiger partial charge in [-0.15, -0.1) is 0 Å². The van der Waals surface area contributed by atoms with Crippen molar-refractivity contribution < 1.29 is 27.5 Å². The Labute approximate surface area is 234 Å². The van der Waals surface area contributed by atoms with E-state index in [1.165, 1.54) is 13.2 Å². The van der Waals surface area contributed by atoms with Gasteiger partial charge in [0.25, 0.3) is 0 Å². The minimum atomic E-state index is -4.73. The van der Waals surface area contributed by atoms with Crippen LogP contribution in [0.2, 0.25) is 0 Å². The summed E-state index contributed by atoms with van der Waals surface area (Å²) in [5, 5.41) is 8.20. The number of carbonyl (C=O) groups is 2. The smallest absolute Gasteiger partial charge is 0.421 e. The predicted octanol–water partition coefficient (Wildman–Crippen LogP) is 4.95. The van der Waals surface area contributed by atoms with E-state index in [-0.39, 0.29) is 17.5 Å². The van der Waals surface area contributed by atoms with Crippen molar-refractivity contribution in [3.05, 3.63) is 79.5 Å². The fourth-order valence-corrected chi connectivity index (χ4v) is 4.16. The Morgan fingerprint density at radius 2 is 1.73 bits per heavy atom. The molecule has 4 rings (SSSR count). The first-order valence-electron chi connectivity index (χ1n) is 12.5. The molecule has 1 aliphatic rings. The number of alkyl halides is 3. The van der Waals surface area contributed by atoms with Gasteiger partial charge in [0.05, 0.1) is 12.8 Å². The van der Waals surface area contributed by atoms with Crippen LogP contribution in [-0.2, 0) is 15.8 Å². The number of ether oxygens (including phenoxy) is 1. The highest BCUT2D eigenvalue weighted by Crippen LogP contribution is 2.38. The summed E-state index contributed by atoms with van der Waals surface area (Å²) in [4.78, 5) is 35.1. The standard InChI is InChI=1S/C28H28F3N7O3/c1-4-24(39)33-18-7-6-8-19(15-18)34-27-32-17-21(28(29,30)31)26(36-27)35-22-10-9-20(16-23(22)41-3)37-11-13-38(14-12-37)25(40)5-2/h4-10,15-17H,1-2,11-14H2,3H3,(H,33,39)(H2,32,34,35,36). The normalized spacial score (nSPS) is 13.3. The Kier molecular flexibility index (Phi) is 8.75. The molecule has 1 fully saturated rings. The van der Waals surface area contributed by atoms with Gasteiger partial charge in [-0.1, -0.05) is 19.2 Å². The van der Waals surface area contributed by atoms with Crippen LogP contribution in [0.5, 0.6) is 5.75 Å². The first-order chi connectivity index (χ1) is 19.6. The number of methoxy groups -OCH3 is 1. The summed E-state index contributed by atoms with van der Waals surface area (Å²) < 4.78 is 47.1. The second kappa shape index (κ2) is 12.4. The van der Waals surface area contributed by atoms with Crippen LogP contribution in [0, 0.1) is 0 Å². The molecule has 0 spiro atoms. The number of amides is 2. The number of hydrogen-bond donors (Lipinski definition) is 3. The minimum Gasteiger partial charge on any atom is -0.494 e. The monoisotopic (exact) mass is 567 g/mol. The number of nitrogens with one attached hydrogen (secondary N) is 3. The molecule has 2 amide bonds. The van der Waals surface area contributed by atoms with Crippen molar-refractivity contribution in [1.29, 1.82) is 0 Å². The van der Waals surface area contributed by atoms with Crippen LogP contribution >= 0.6 is 0 Å². The predicted molar refractivity (Wildman–Crippen MR) is 151 cm³/mol. The zero-order chi connectivity index (χ0) is 29.6. The summed E-state index contributed by atoms with van der Waals surface area (Å²) in [6, 6.07) is 11.6. The molecular weight excluding hydrogens is 539 g/mol. The van der Waals surface area contributed by atoms with Crippen molar-refractivity contribution in [3.63, 3.8) is 0 Å². The molecular formula is C28H28F3N7O3. The summed E-state index contributed by atoms with van der Waals surface area (Å²) >= 11 is 0. The lowest BCUT2D eigenvalue weighted by Gasteiger charge is -2.35. The fourth-order valence-electron chi connectivity index (χ4n) is 4.16. The molecule has 3 N–H and O–H groups in total. The van der Waals surface area contributed by atoms with Gasteiger partial charge in [-0.25, -0.2) is 4.98 Å². The number of halogens is 3. The average Bonchev–Trinajstić information content (AvgIpc) is 2.96. The molecule has 1 aromatic heterocycles. The summed E-state index contributed by atoms with van der Waals surface area (Å²) in [5.41, 5.74) is 0.880. The molecule has 2 heterocycles. The third-order valence-corrected chi connectivity index (χ3v) is 6.24. The molecule has 0 unspecified atom stereocenters. The number of rotatable bonds is 9. The number of anilines is 6. The molecule has 0 bridgehead atoms. The lowest BCUT2D eigenvalue weighted by atomic mass is 10.2. The van der Waals surface area contributed by atoms with Crippen molar-refractivity contribution in [1.82, 2.24) is 14.9 Å². The lowest BCUT2D eigenvalue weighted by molar-refractivity contribution is -0.137. The molecule has 0 atom stereocenters. The van der Waals surface area contributed by atoms with Crippen LogP contribution in [0.3, 0.4) is 0 Å². The maximum Gasteiger partial charge on any atom is 0.421 e. The van der Waals surface area contributed by atoms with Crippen LogP contribution in [-0.4, -0.2) is 60.0 Å². The topological polar surface area (TPSA) is 112 Å². The highest BCUT2D eigenvalue weighted by Gasteiger charge is 2.35. The zero-order valence-electron chi connectivity index (χ0n) is 22.2. The van der Waals surface area contributed by atoms with E-state index >= 15 is 0 Å². The van der Waals surface area contributed by atoms with Crippen LogP contribution in [0.1, 0.15) is 5.56 Å². The first-order valence-corrected chi connectivity index (χ1v) is 12.5. The zero-order valence-corrected chi connectivity index (χ0v) is 22.2. The lowest BCUT2D eigenvalue weighted by Crippen LogP contribution is -2.48. The van der Waals surface area contributed by atoms with Gasteiger partial charge in [0.15, 0.2) is 0 Å². The summed E-state index contributed by atoms with van der Waals surface area (Å²) in [6.45, 7) is 9.10. The van der Waals surface area contributed by atoms with Crippen LogP contribution in [0.25, 0.3) is 0 Å². The SMILES string of the molecule is C=CC(=O)Nc1cccc(Nc2ncc(C(F)(F)F)c(Nc3ccc(N4CCN(C(=O)C=C)CC4)cc3OC)n2)c1. The van der Waals surface area contributed by atoms with Gasteiger partial charge in [0, 0.05) is 55.5 Å². The fraction of sp³-hybridized carbons (Fsp3) is 0.214. The molecule has 0 aliphatic carbocycles. The molecule has 1 saturated heterocycles. The molecule has 0 radical (unpaired) electrons. The third-order valence-electron chi connectivity index (χ3n) is 6.24. The number of benzene rings is 2. The largest absolute Gasteiger partial charge is 0.494 e. The quantitative estimate of drug-likeness (QED) is 0.312. The Hall–Kier alpha value is -5.07. The van der Waals surface area contributed by atoms with Gasteiger partial charge in [-0.3, -0.25) is 9.59 Å². The van der Waals surface area contributed by atoms with E-state index in [0.717, 1.165) is 11.8 Å². The molecule has 214 valence electrons. The van der Waals surface area contributed by atoms with Gasteiger partial charge in [0.1, 0.15) is 17.1 Å². The van der Waals surface area contributed by atoms with Crippen molar-refractivity contribution in [2.45, 2.75) is 6.18 Å². The van der Waals surface area contributed by atoms with Gasteiger partial charge < -0.3 is 30.5 Å². The summed E-state index contributed by atoms with van der Waals surface area (Å²) in [7, 11) is 1.42. The highest BCUT2D eigenvalue weighted by atomic mass is 19.4. The number of carbonyl (C=O) groups excluding carboxylic acids is 2. The average molecular weight is 568 g/mol. The van der Waals surface area contributed by atoms with Gasteiger partial charge >= 0.3 is 6.18 Å². The van der Waals surface area contributed by atoms with Gasteiger partial charge in [0.2, 0.25) is 17.8 Å². The van der Waals surface area contributed by atoms with Crippen LogP contribution < -0.4 is 25.6 Å².